The van der Waals surface area contributed by atoms with Gasteiger partial charge in [-0.25, -0.2) is 8.42 Å². The molecule has 134 valence electrons. The van der Waals surface area contributed by atoms with Crippen LogP contribution in [0.5, 0.6) is 0 Å². The van der Waals surface area contributed by atoms with E-state index in [2.05, 4.69) is 34.2 Å². The zero-order chi connectivity index (χ0) is 19.5. The molecule has 0 aliphatic heterocycles. The average Bonchev–Trinajstić information content (AvgIpc) is 2.59. The molecule has 0 saturated carbocycles. The Labute approximate surface area is 158 Å². The zero-order valence-corrected chi connectivity index (χ0v) is 15.1. The first-order chi connectivity index (χ1) is 12.2. The molecular weight excluding hydrogens is 402 g/mol. The Morgan fingerprint density at radius 2 is 1.58 bits per heavy atom. The van der Waals surface area contributed by atoms with E-state index in [1.165, 1.54) is 12.1 Å². The second-order valence-corrected chi connectivity index (χ2v) is 7.10. The van der Waals surface area contributed by atoms with E-state index < -0.39 is 42.4 Å². The molecule has 1 aromatic carbocycles. The minimum absolute atomic E-state index is 0.160. The highest BCUT2D eigenvalue weighted by molar-refractivity contribution is 7.96. The lowest BCUT2D eigenvalue weighted by molar-refractivity contribution is -0.528. The van der Waals surface area contributed by atoms with Gasteiger partial charge in [-0.05, 0) is 52.7 Å². The summed E-state index contributed by atoms with van der Waals surface area (Å²) in [5.41, 5.74) is -0.769. The summed E-state index contributed by atoms with van der Waals surface area (Å²) in [4.78, 5) is 20.2. The van der Waals surface area contributed by atoms with Crippen LogP contribution in [0, 0.1) is 20.2 Å². The largest absolute Gasteiger partial charge is 0.286 e. The molecule has 1 aromatic rings. The normalized spacial score (nSPS) is 19.8. The van der Waals surface area contributed by atoms with Gasteiger partial charge in [0.2, 0.25) is 0 Å². The third kappa shape index (κ3) is 3.74. The van der Waals surface area contributed by atoms with Crippen LogP contribution in [0.3, 0.4) is 0 Å². The molecule has 1 aliphatic carbocycles. The van der Waals surface area contributed by atoms with Gasteiger partial charge in [-0.1, -0.05) is 18.2 Å². The number of nitrogens with zero attached hydrogens (tertiary/aromatic N) is 2. The highest BCUT2D eigenvalue weighted by Gasteiger charge is 2.51. The third-order valence-electron chi connectivity index (χ3n) is 3.44. The molecule has 0 amide bonds. The Balaban J connectivity index is 2.68. The van der Waals surface area contributed by atoms with Crippen molar-refractivity contribution >= 4 is 50.2 Å². The second-order valence-electron chi connectivity index (χ2n) is 5.01. The van der Waals surface area contributed by atoms with Crippen LogP contribution in [-0.4, -0.2) is 40.4 Å². The number of anilines is 1. The standard InChI is InChI=1S/C14H9N3O6S3/c18-16(19)13-9(7-24)6-12(14(17(20)21)11(13)8-25)26(22,23)15-10-4-2-1-3-5-10/h1-6,13-15H. The van der Waals surface area contributed by atoms with Gasteiger partial charge < -0.3 is 0 Å². The number of nitrogens with one attached hydrogen (secondary N) is 1. The number of nitro groups is 2. The van der Waals surface area contributed by atoms with Crippen molar-refractivity contribution in [2.45, 2.75) is 12.1 Å². The summed E-state index contributed by atoms with van der Waals surface area (Å²) in [5, 5.41) is 26.8. The predicted octanol–water partition coefficient (Wildman–Crippen LogP) is 1.67. The number of thiocarbonyl (C=S) groups is 2. The van der Waals surface area contributed by atoms with E-state index in [1.807, 2.05) is 5.02 Å². The number of benzene rings is 1. The van der Waals surface area contributed by atoms with Crippen LogP contribution >= 0.6 is 24.4 Å². The number of hydrogen-bond donors (Lipinski definition) is 1. The van der Waals surface area contributed by atoms with Crippen molar-refractivity contribution in [1.29, 1.82) is 0 Å². The minimum atomic E-state index is -4.43. The summed E-state index contributed by atoms with van der Waals surface area (Å²) in [6.07, 6.45) is 0.787. The highest BCUT2D eigenvalue weighted by Crippen LogP contribution is 2.33. The van der Waals surface area contributed by atoms with Gasteiger partial charge in [0.1, 0.15) is 10.5 Å². The van der Waals surface area contributed by atoms with Gasteiger partial charge in [0.15, 0.2) is 0 Å². The molecule has 0 aromatic heterocycles. The van der Waals surface area contributed by atoms with Gasteiger partial charge in [-0.15, -0.1) is 0 Å². The van der Waals surface area contributed by atoms with Crippen molar-refractivity contribution in [2.75, 3.05) is 4.72 Å². The second kappa shape index (κ2) is 7.65. The lowest BCUT2D eigenvalue weighted by Gasteiger charge is -2.22. The lowest BCUT2D eigenvalue weighted by atomic mass is 9.89. The van der Waals surface area contributed by atoms with E-state index in [0.717, 1.165) is 6.08 Å². The molecule has 9 nitrogen and oxygen atoms in total. The molecule has 1 N–H and O–H groups in total. The van der Waals surface area contributed by atoms with E-state index in [4.69, 9.17) is 0 Å². The smallest absolute Gasteiger partial charge is 0.280 e. The molecular formula is C14H9N3O6S3. The van der Waals surface area contributed by atoms with E-state index >= 15 is 0 Å². The van der Waals surface area contributed by atoms with E-state index in [-0.39, 0.29) is 11.3 Å². The fourth-order valence-electron chi connectivity index (χ4n) is 2.37. The van der Waals surface area contributed by atoms with Crippen molar-refractivity contribution in [2.24, 2.45) is 0 Å². The van der Waals surface area contributed by atoms with Gasteiger partial charge in [0.25, 0.3) is 22.1 Å². The van der Waals surface area contributed by atoms with Crippen molar-refractivity contribution in [3.05, 3.63) is 72.7 Å². The van der Waals surface area contributed by atoms with Crippen LogP contribution in [0.15, 0.2) is 52.5 Å². The van der Waals surface area contributed by atoms with Crippen LogP contribution < -0.4 is 4.72 Å². The van der Waals surface area contributed by atoms with Gasteiger partial charge in [0.05, 0.1) is 5.57 Å². The fourth-order valence-corrected chi connectivity index (χ4v) is 4.11. The molecule has 1 aliphatic rings. The molecule has 12 heteroatoms. The van der Waals surface area contributed by atoms with Crippen molar-refractivity contribution in [3.8, 4) is 0 Å². The van der Waals surface area contributed by atoms with Gasteiger partial charge >= 0.3 is 0 Å². The van der Waals surface area contributed by atoms with Gasteiger partial charge in [-0.2, -0.15) is 0 Å². The lowest BCUT2D eigenvalue weighted by Crippen LogP contribution is -2.42. The zero-order valence-electron chi connectivity index (χ0n) is 12.7. The number of para-hydroxylation sites is 1. The first-order valence-corrected chi connectivity index (χ1v) is 9.09. The summed E-state index contributed by atoms with van der Waals surface area (Å²) in [6.45, 7) is 0. The molecule has 0 heterocycles. The molecule has 0 bridgehead atoms. The first-order valence-electron chi connectivity index (χ1n) is 6.79. The van der Waals surface area contributed by atoms with Crippen LogP contribution in [0.25, 0.3) is 0 Å². The molecule has 2 unspecified atom stereocenters. The maximum absolute atomic E-state index is 12.7. The number of sulfonamides is 1. The summed E-state index contributed by atoms with van der Waals surface area (Å²) in [6, 6.07) is 3.81. The highest BCUT2D eigenvalue weighted by atomic mass is 32.2. The Morgan fingerprint density at radius 3 is 2.04 bits per heavy atom. The molecule has 2 rings (SSSR count). The van der Waals surface area contributed by atoms with Crippen molar-refractivity contribution in [1.82, 2.24) is 0 Å². The fraction of sp³-hybridized carbons (Fsp3) is 0.143. The predicted molar refractivity (Wildman–Crippen MR) is 101 cm³/mol. The quantitative estimate of drug-likeness (QED) is 0.439. The van der Waals surface area contributed by atoms with Crippen LogP contribution in [0.1, 0.15) is 0 Å². The number of rotatable bonds is 5. The van der Waals surface area contributed by atoms with E-state index in [1.54, 1.807) is 18.2 Å². The summed E-state index contributed by atoms with van der Waals surface area (Å²) >= 11 is 9.14. The third-order valence-corrected chi connectivity index (χ3v) is 5.38. The molecule has 0 fully saturated rings. The van der Waals surface area contributed by atoms with Crippen molar-refractivity contribution in [3.63, 3.8) is 0 Å². The van der Waals surface area contributed by atoms with Crippen LogP contribution in [0.2, 0.25) is 0 Å². The summed E-state index contributed by atoms with van der Waals surface area (Å²) in [7, 11) is -4.43. The molecule has 0 radical (unpaired) electrons. The van der Waals surface area contributed by atoms with Gasteiger partial charge in [-0.3, -0.25) is 25.0 Å². The SMILES string of the molecule is O=[N+]([O-])C1C(=C=S)C=C(S(=O)(=O)Nc2ccccc2)C([N+](=O)[O-])C1=C=S. The van der Waals surface area contributed by atoms with Crippen LogP contribution in [-0.2, 0) is 10.0 Å². The average molecular weight is 411 g/mol. The Bertz CT molecular complexity index is 1010. The Kier molecular flexibility index (Phi) is 5.76. The molecule has 0 saturated heterocycles. The monoisotopic (exact) mass is 411 g/mol. The maximum atomic E-state index is 12.7. The summed E-state index contributed by atoms with van der Waals surface area (Å²) in [5.74, 6) is 0. The molecule has 2 atom stereocenters. The Hall–Kier alpha value is -2.75. The minimum Gasteiger partial charge on any atom is -0.280 e. The van der Waals surface area contributed by atoms with E-state index in [9.17, 15) is 28.6 Å². The van der Waals surface area contributed by atoms with Crippen molar-refractivity contribution < 1.29 is 18.3 Å². The van der Waals surface area contributed by atoms with Gasteiger partial charge in [0, 0.05) is 15.5 Å². The van der Waals surface area contributed by atoms with Crippen LogP contribution in [0.4, 0.5) is 5.69 Å². The Morgan fingerprint density at radius 1 is 1.00 bits per heavy atom. The maximum Gasteiger partial charge on any atom is 0.286 e. The topological polar surface area (TPSA) is 132 Å². The molecule has 0 spiro atoms. The summed E-state index contributed by atoms with van der Waals surface area (Å²) < 4.78 is 27.5. The molecule has 26 heavy (non-hydrogen) atoms. The van der Waals surface area contributed by atoms with E-state index in [0.29, 0.717) is 0 Å². The number of hydrogen-bond acceptors (Lipinski definition) is 8. The first kappa shape index (κ1) is 19.6.